The highest BCUT2D eigenvalue weighted by molar-refractivity contribution is 9.10. The fourth-order valence-corrected chi connectivity index (χ4v) is 3.16. The molecule has 1 aromatic heterocycles. The highest BCUT2D eigenvalue weighted by Crippen LogP contribution is 2.29. The van der Waals surface area contributed by atoms with Crippen LogP contribution in [-0.2, 0) is 6.54 Å². The fourth-order valence-electron chi connectivity index (χ4n) is 2.56. The first-order valence-electron chi connectivity index (χ1n) is 6.73. The smallest absolute Gasteiger partial charge is 0.106 e. The molecule has 0 N–H and O–H groups in total. The van der Waals surface area contributed by atoms with Crippen LogP contribution in [0.1, 0.15) is 22.6 Å². The van der Waals surface area contributed by atoms with Gasteiger partial charge in [-0.1, -0.05) is 35.9 Å². The van der Waals surface area contributed by atoms with E-state index in [9.17, 15) is 0 Å². The molecule has 1 heterocycles. The summed E-state index contributed by atoms with van der Waals surface area (Å²) >= 11 is 3.78. The molecule has 0 aliphatic carbocycles. The molecule has 20 heavy (non-hydrogen) atoms. The van der Waals surface area contributed by atoms with Crippen LogP contribution in [0.3, 0.4) is 0 Å². The fraction of sp³-hybridized carbons (Fsp3) is 0.235. The highest BCUT2D eigenvalue weighted by Gasteiger charge is 2.09. The summed E-state index contributed by atoms with van der Waals surface area (Å²) in [6.45, 7) is 7.12. The van der Waals surface area contributed by atoms with E-state index in [2.05, 4.69) is 69.7 Å². The molecule has 3 rings (SSSR count). The van der Waals surface area contributed by atoms with Gasteiger partial charge in [-0.2, -0.15) is 0 Å². The summed E-state index contributed by atoms with van der Waals surface area (Å²) in [6.07, 6.45) is 1.93. The van der Waals surface area contributed by atoms with Gasteiger partial charge in [0.05, 0.1) is 6.54 Å². The Morgan fingerprint density at radius 1 is 1.10 bits per heavy atom. The lowest BCUT2D eigenvalue weighted by Gasteiger charge is -2.12. The minimum Gasteiger partial charge on any atom is -0.328 e. The molecule has 3 aromatic rings. The number of benzene rings is 2. The number of hydrogen-bond donors (Lipinski definition) is 0. The van der Waals surface area contributed by atoms with Crippen molar-refractivity contribution in [2.45, 2.75) is 27.3 Å². The van der Waals surface area contributed by atoms with E-state index in [0.29, 0.717) is 0 Å². The molecule has 102 valence electrons. The van der Waals surface area contributed by atoms with Crippen LogP contribution in [0.5, 0.6) is 0 Å². The van der Waals surface area contributed by atoms with Gasteiger partial charge in [-0.05, 0) is 53.0 Å². The molecule has 0 atom stereocenters. The predicted octanol–water partition coefficient (Wildman–Crippen LogP) is 4.77. The van der Waals surface area contributed by atoms with Crippen LogP contribution in [0.2, 0.25) is 0 Å². The second kappa shape index (κ2) is 5.06. The molecule has 0 fully saturated rings. The van der Waals surface area contributed by atoms with Crippen molar-refractivity contribution >= 4 is 26.7 Å². The summed E-state index contributed by atoms with van der Waals surface area (Å²) in [6, 6.07) is 10.9. The number of aromatic nitrogens is 2. The molecule has 2 nitrogen and oxygen atoms in total. The Balaban J connectivity index is 2.11. The molecule has 2 aromatic carbocycles. The average molecular weight is 329 g/mol. The van der Waals surface area contributed by atoms with Crippen molar-refractivity contribution in [1.82, 2.24) is 9.55 Å². The molecule has 0 bridgehead atoms. The molecular formula is C17H17BrN2. The molecule has 0 aliphatic heterocycles. The largest absolute Gasteiger partial charge is 0.328 e. The zero-order chi connectivity index (χ0) is 14.3. The Morgan fingerprint density at radius 3 is 2.55 bits per heavy atom. The van der Waals surface area contributed by atoms with Crippen LogP contribution in [0, 0.1) is 20.8 Å². The Bertz CT molecular complexity index is 768. The standard InChI is InChI=1S/C17H17BrN2/c1-11-4-5-14-6-7-15(17(18)16(14)8-11)10-20-12(2)9-19-13(20)3/h4-9H,10H2,1-3H3. The molecule has 0 radical (unpaired) electrons. The third-order valence-electron chi connectivity index (χ3n) is 3.77. The van der Waals surface area contributed by atoms with Crippen LogP contribution in [0.4, 0.5) is 0 Å². The van der Waals surface area contributed by atoms with Crippen molar-refractivity contribution in [2.24, 2.45) is 0 Å². The van der Waals surface area contributed by atoms with Gasteiger partial charge in [-0.15, -0.1) is 0 Å². The Hall–Kier alpha value is -1.61. The number of aryl methyl sites for hydroxylation is 3. The maximum Gasteiger partial charge on any atom is 0.106 e. The average Bonchev–Trinajstić information content (AvgIpc) is 2.74. The first kappa shape index (κ1) is 13.4. The summed E-state index contributed by atoms with van der Waals surface area (Å²) < 4.78 is 3.42. The monoisotopic (exact) mass is 328 g/mol. The summed E-state index contributed by atoms with van der Waals surface area (Å²) in [4.78, 5) is 4.37. The van der Waals surface area contributed by atoms with E-state index < -0.39 is 0 Å². The van der Waals surface area contributed by atoms with Gasteiger partial charge in [0.2, 0.25) is 0 Å². The molecule has 0 saturated carbocycles. The van der Waals surface area contributed by atoms with E-state index in [1.807, 2.05) is 13.1 Å². The van der Waals surface area contributed by atoms with Gasteiger partial charge in [-0.25, -0.2) is 4.98 Å². The van der Waals surface area contributed by atoms with Crippen LogP contribution in [-0.4, -0.2) is 9.55 Å². The van der Waals surface area contributed by atoms with E-state index in [1.54, 1.807) is 0 Å². The first-order chi connectivity index (χ1) is 9.56. The van der Waals surface area contributed by atoms with Gasteiger partial charge in [0, 0.05) is 16.4 Å². The SMILES string of the molecule is Cc1ccc2ccc(Cn3c(C)cnc3C)c(Br)c2c1. The van der Waals surface area contributed by atoms with E-state index in [4.69, 9.17) is 0 Å². The third kappa shape index (κ3) is 2.27. The topological polar surface area (TPSA) is 17.8 Å². The van der Waals surface area contributed by atoms with Crippen LogP contribution in [0.25, 0.3) is 10.8 Å². The number of imidazole rings is 1. The van der Waals surface area contributed by atoms with Gasteiger partial charge < -0.3 is 4.57 Å². The van der Waals surface area contributed by atoms with E-state index in [1.165, 1.54) is 32.1 Å². The van der Waals surface area contributed by atoms with Crippen molar-refractivity contribution in [3.05, 3.63) is 63.6 Å². The predicted molar refractivity (Wildman–Crippen MR) is 87.2 cm³/mol. The minimum atomic E-state index is 0.849. The van der Waals surface area contributed by atoms with Crippen molar-refractivity contribution in [1.29, 1.82) is 0 Å². The summed E-state index contributed by atoms with van der Waals surface area (Å²) in [7, 11) is 0. The maximum absolute atomic E-state index is 4.37. The van der Waals surface area contributed by atoms with E-state index in [-0.39, 0.29) is 0 Å². The van der Waals surface area contributed by atoms with Crippen LogP contribution >= 0.6 is 15.9 Å². The zero-order valence-electron chi connectivity index (χ0n) is 11.9. The lowest BCUT2D eigenvalue weighted by Crippen LogP contribution is -2.04. The Morgan fingerprint density at radius 2 is 1.85 bits per heavy atom. The second-order valence-electron chi connectivity index (χ2n) is 5.30. The highest BCUT2D eigenvalue weighted by atomic mass is 79.9. The third-order valence-corrected chi connectivity index (χ3v) is 4.71. The Kier molecular flexibility index (Phi) is 3.38. The molecule has 0 unspecified atom stereocenters. The van der Waals surface area contributed by atoms with Crippen molar-refractivity contribution < 1.29 is 0 Å². The van der Waals surface area contributed by atoms with E-state index >= 15 is 0 Å². The van der Waals surface area contributed by atoms with Crippen LogP contribution in [0.15, 0.2) is 41.0 Å². The summed E-state index contributed by atoms with van der Waals surface area (Å²) in [5.41, 5.74) is 3.76. The lowest BCUT2D eigenvalue weighted by molar-refractivity contribution is 0.737. The van der Waals surface area contributed by atoms with Crippen molar-refractivity contribution in [3.63, 3.8) is 0 Å². The summed E-state index contributed by atoms with van der Waals surface area (Å²) in [5.74, 6) is 1.05. The van der Waals surface area contributed by atoms with Gasteiger partial charge >= 0.3 is 0 Å². The molecule has 0 saturated heterocycles. The van der Waals surface area contributed by atoms with Crippen LogP contribution < -0.4 is 0 Å². The van der Waals surface area contributed by atoms with E-state index in [0.717, 1.165) is 12.4 Å². The minimum absolute atomic E-state index is 0.849. The lowest BCUT2D eigenvalue weighted by atomic mass is 10.0. The summed E-state index contributed by atoms with van der Waals surface area (Å²) in [5, 5.41) is 2.54. The van der Waals surface area contributed by atoms with Crippen molar-refractivity contribution in [3.8, 4) is 0 Å². The van der Waals surface area contributed by atoms with Gasteiger partial charge in [-0.3, -0.25) is 0 Å². The second-order valence-corrected chi connectivity index (χ2v) is 6.09. The number of nitrogens with zero attached hydrogens (tertiary/aromatic N) is 2. The number of rotatable bonds is 2. The molecule has 3 heteroatoms. The van der Waals surface area contributed by atoms with Gasteiger partial charge in [0.15, 0.2) is 0 Å². The zero-order valence-corrected chi connectivity index (χ0v) is 13.5. The number of halogens is 1. The normalized spacial score (nSPS) is 11.2. The maximum atomic E-state index is 4.37. The molecule has 0 aliphatic rings. The van der Waals surface area contributed by atoms with Gasteiger partial charge in [0.25, 0.3) is 0 Å². The van der Waals surface area contributed by atoms with Crippen molar-refractivity contribution in [2.75, 3.05) is 0 Å². The molecule has 0 spiro atoms. The molecule has 0 amide bonds. The molecular weight excluding hydrogens is 312 g/mol. The quantitative estimate of drug-likeness (QED) is 0.662. The number of hydrogen-bond acceptors (Lipinski definition) is 1. The number of fused-ring (bicyclic) bond motifs is 1. The first-order valence-corrected chi connectivity index (χ1v) is 7.52. The van der Waals surface area contributed by atoms with Gasteiger partial charge in [0.1, 0.15) is 5.82 Å². The Labute approximate surface area is 127 Å².